The molecule has 2 aromatic carbocycles. The Hall–Kier alpha value is -3.74. The number of aryl methyl sites for hydroxylation is 1. The van der Waals surface area contributed by atoms with Crippen molar-refractivity contribution in [1.29, 1.82) is 0 Å². The number of ether oxygens (including phenoxy) is 3. The molecule has 194 valence electrons. The molecule has 0 saturated heterocycles. The van der Waals surface area contributed by atoms with E-state index in [1.165, 1.54) is 0 Å². The summed E-state index contributed by atoms with van der Waals surface area (Å²) in [5.41, 5.74) is 4.20. The molecule has 0 bridgehead atoms. The number of fused-ring (bicyclic) bond motifs is 1. The standard InChI is InChI=1S/C30H33NO6/c1-6-36-29(33)24-18(4)31-23-16-22(19-12-14-20(35-5)15-13-19)26(30(34)37-7-2)28(32)27(23)25(24)21-11-9-8-10-17(21)3/h8-15,22,25-27H,6-7,16H2,1-5H3/t22-,25-,26-,27?/m1/s1. The molecule has 4 atom stereocenters. The van der Waals surface area contributed by atoms with E-state index in [1.807, 2.05) is 55.5 Å². The van der Waals surface area contributed by atoms with Gasteiger partial charge < -0.3 is 14.2 Å². The molecule has 2 aliphatic rings. The number of carbonyl (C=O) groups is 3. The lowest BCUT2D eigenvalue weighted by Gasteiger charge is -2.41. The molecular weight excluding hydrogens is 470 g/mol. The molecule has 1 aliphatic heterocycles. The van der Waals surface area contributed by atoms with E-state index in [0.29, 0.717) is 29.2 Å². The summed E-state index contributed by atoms with van der Waals surface area (Å²) in [7, 11) is 1.59. The van der Waals surface area contributed by atoms with Gasteiger partial charge in [0.15, 0.2) is 5.78 Å². The van der Waals surface area contributed by atoms with Gasteiger partial charge in [0.05, 0.1) is 31.8 Å². The van der Waals surface area contributed by atoms with Crippen LogP contribution < -0.4 is 4.74 Å². The van der Waals surface area contributed by atoms with Gasteiger partial charge in [0, 0.05) is 23.2 Å². The quantitative estimate of drug-likeness (QED) is 0.393. The summed E-state index contributed by atoms with van der Waals surface area (Å²) in [5.74, 6) is -3.49. The monoisotopic (exact) mass is 503 g/mol. The second-order valence-electron chi connectivity index (χ2n) is 9.35. The predicted octanol–water partition coefficient (Wildman–Crippen LogP) is 4.93. The summed E-state index contributed by atoms with van der Waals surface area (Å²) >= 11 is 0. The minimum absolute atomic E-state index is 0.165. The lowest BCUT2D eigenvalue weighted by Crippen LogP contribution is -2.48. The molecule has 0 amide bonds. The van der Waals surface area contributed by atoms with Crippen LogP contribution in [0.4, 0.5) is 0 Å². The molecule has 4 rings (SSSR count). The van der Waals surface area contributed by atoms with Crippen LogP contribution in [0, 0.1) is 18.8 Å². The van der Waals surface area contributed by atoms with Gasteiger partial charge in [0.25, 0.3) is 0 Å². The van der Waals surface area contributed by atoms with E-state index in [4.69, 9.17) is 19.2 Å². The fraction of sp³-hybridized carbons (Fsp3) is 0.400. The van der Waals surface area contributed by atoms with Gasteiger partial charge >= 0.3 is 11.9 Å². The number of rotatable bonds is 7. The van der Waals surface area contributed by atoms with Gasteiger partial charge in [0.1, 0.15) is 11.7 Å². The van der Waals surface area contributed by atoms with Crippen LogP contribution in [0.15, 0.2) is 64.8 Å². The van der Waals surface area contributed by atoms with Crippen molar-refractivity contribution in [3.8, 4) is 5.75 Å². The minimum Gasteiger partial charge on any atom is -0.497 e. The predicted molar refractivity (Wildman–Crippen MR) is 140 cm³/mol. The Morgan fingerprint density at radius 2 is 1.62 bits per heavy atom. The van der Waals surface area contributed by atoms with E-state index in [0.717, 1.165) is 16.7 Å². The second kappa shape index (κ2) is 11.1. The zero-order valence-electron chi connectivity index (χ0n) is 21.9. The van der Waals surface area contributed by atoms with Gasteiger partial charge in [-0.05, 0) is 62.9 Å². The molecule has 0 spiro atoms. The molecule has 1 fully saturated rings. The zero-order valence-corrected chi connectivity index (χ0v) is 21.9. The number of hydrogen-bond acceptors (Lipinski definition) is 7. The SMILES string of the molecule is CCOC(=O)C1=C(C)N=C2C[C@H](c3ccc(OC)cc3)[C@@H](C(=O)OCC)C(=O)C2[C@@H]1c1ccccc1C. The largest absolute Gasteiger partial charge is 0.497 e. The zero-order chi connectivity index (χ0) is 26.7. The number of ketones is 1. The van der Waals surface area contributed by atoms with Gasteiger partial charge in [-0.1, -0.05) is 36.4 Å². The number of nitrogens with zero attached hydrogens (tertiary/aromatic N) is 1. The summed E-state index contributed by atoms with van der Waals surface area (Å²) in [6, 6.07) is 15.1. The van der Waals surface area contributed by atoms with E-state index in [1.54, 1.807) is 27.9 Å². The van der Waals surface area contributed by atoms with Gasteiger partial charge in [0.2, 0.25) is 0 Å². The third-order valence-electron chi connectivity index (χ3n) is 7.25. The van der Waals surface area contributed by atoms with E-state index in [2.05, 4.69) is 0 Å². The van der Waals surface area contributed by atoms with Crippen LogP contribution in [0.2, 0.25) is 0 Å². The molecule has 1 saturated carbocycles. The number of benzene rings is 2. The number of Topliss-reactive ketones (excluding diaryl/α,β-unsaturated/α-hetero) is 1. The van der Waals surface area contributed by atoms with Crippen LogP contribution >= 0.6 is 0 Å². The lowest BCUT2D eigenvalue weighted by atomic mass is 9.62. The Labute approximate surface area is 217 Å². The summed E-state index contributed by atoms with van der Waals surface area (Å²) < 4.78 is 16.1. The van der Waals surface area contributed by atoms with Crippen LogP contribution in [0.5, 0.6) is 5.75 Å². The second-order valence-corrected chi connectivity index (χ2v) is 9.35. The first kappa shape index (κ1) is 26.3. The summed E-state index contributed by atoms with van der Waals surface area (Å²) in [6.45, 7) is 7.58. The van der Waals surface area contributed by atoms with Crippen LogP contribution in [-0.2, 0) is 23.9 Å². The molecule has 37 heavy (non-hydrogen) atoms. The minimum atomic E-state index is -1.02. The summed E-state index contributed by atoms with van der Waals surface area (Å²) in [6.07, 6.45) is 0.391. The van der Waals surface area contributed by atoms with Crippen LogP contribution in [0.1, 0.15) is 55.7 Å². The maximum atomic E-state index is 14.3. The van der Waals surface area contributed by atoms with E-state index in [-0.39, 0.29) is 19.0 Å². The summed E-state index contributed by atoms with van der Waals surface area (Å²) in [4.78, 5) is 45.6. The first-order chi connectivity index (χ1) is 17.8. The van der Waals surface area contributed by atoms with Crippen LogP contribution in [0.25, 0.3) is 0 Å². The van der Waals surface area contributed by atoms with Crippen LogP contribution in [0.3, 0.4) is 0 Å². The molecule has 7 nitrogen and oxygen atoms in total. The van der Waals surface area contributed by atoms with Crippen molar-refractivity contribution in [2.24, 2.45) is 16.8 Å². The van der Waals surface area contributed by atoms with Crippen molar-refractivity contribution in [2.75, 3.05) is 20.3 Å². The summed E-state index contributed by atoms with van der Waals surface area (Å²) in [5, 5.41) is 0. The molecule has 0 radical (unpaired) electrons. The highest BCUT2D eigenvalue weighted by Crippen LogP contribution is 2.49. The molecule has 1 aliphatic carbocycles. The molecule has 7 heteroatoms. The normalized spacial score (nSPS) is 23.2. The van der Waals surface area contributed by atoms with Crippen LogP contribution in [-0.4, -0.2) is 43.8 Å². The number of methoxy groups -OCH3 is 1. The molecule has 1 unspecified atom stereocenters. The van der Waals surface area contributed by atoms with E-state index in [9.17, 15) is 14.4 Å². The van der Waals surface area contributed by atoms with Crippen molar-refractivity contribution >= 4 is 23.4 Å². The van der Waals surface area contributed by atoms with Crippen molar-refractivity contribution < 1.29 is 28.6 Å². The van der Waals surface area contributed by atoms with Gasteiger partial charge in [-0.2, -0.15) is 0 Å². The smallest absolute Gasteiger partial charge is 0.336 e. The van der Waals surface area contributed by atoms with E-state index >= 15 is 0 Å². The fourth-order valence-electron chi connectivity index (χ4n) is 5.59. The fourth-order valence-corrected chi connectivity index (χ4v) is 5.59. The Morgan fingerprint density at radius 3 is 2.24 bits per heavy atom. The third-order valence-corrected chi connectivity index (χ3v) is 7.25. The maximum absolute atomic E-state index is 14.3. The molecule has 0 aromatic heterocycles. The Morgan fingerprint density at radius 1 is 0.946 bits per heavy atom. The Kier molecular flexibility index (Phi) is 7.91. The van der Waals surface area contributed by atoms with Gasteiger partial charge in [-0.15, -0.1) is 0 Å². The highest BCUT2D eigenvalue weighted by atomic mass is 16.5. The number of aliphatic imine (C=N–C) groups is 1. The first-order valence-corrected chi connectivity index (χ1v) is 12.7. The van der Waals surface area contributed by atoms with E-state index < -0.39 is 35.6 Å². The topological polar surface area (TPSA) is 91.3 Å². The Bertz CT molecular complexity index is 1260. The lowest BCUT2D eigenvalue weighted by molar-refractivity contribution is -0.153. The van der Waals surface area contributed by atoms with Crippen molar-refractivity contribution in [2.45, 2.75) is 46.0 Å². The molecular formula is C30H33NO6. The molecule has 2 aromatic rings. The highest BCUT2D eigenvalue weighted by molar-refractivity contribution is 6.17. The van der Waals surface area contributed by atoms with Gasteiger partial charge in [-0.3, -0.25) is 14.6 Å². The first-order valence-electron chi connectivity index (χ1n) is 12.7. The molecule has 0 N–H and O–H groups in total. The number of esters is 2. The highest BCUT2D eigenvalue weighted by Gasteiger charge is 2.53. The van der Waals surface area contributed by atoms with Gasteiger partial charge in [-0.25, -0.2) is 4.79 Å². The Balaban J connectivity index is 1.89. The third kappa shape index (κ3) is 4.95. The molecule has 1 heterocycles. The van der Waals surface area contributed by atoms with Crippen molar-refractivity contribution in [3.05, 3.63) is 76.5 Å². The number of carbonyl (C=O) groups excluding carboxylic acids is 3. The van der Waals surface area contributed by atoms with Crippen molar-refractivity contribution in [3.63, 3.8) is 0 Å². The number of hydrogen-bond donors (Lipinski definition) is 0. The van der Waals surface area contributed by atoms with Crippen molar-refractivity contribution in [1.82, 2.24) is 0 Å². The maximum Gasteiger partial charge on any atom is 0.336 e. The average molecular weight is 504 g/mol. The average Bonchev–Trinajstić information content (AvgIpc) is 2.88. The number of allylic oxidation sites excluding steroid dienone is 1.